The van der Waals surface area contributed by atoms with Gasteiger partial charge in [0.05, 0.1) is 23.2 Å². The van der Waals surface area contributed by atoms with Gasteiger partial charge in [-0.1, -0.05) is 18.2 Å². The number of nitrogens with one attached hydrogen (secondary N) is 2. The maximum absolute atomic E-state index is 13.0. The number of amides is 5. The molecule has 0 radical (unpaired) electrons. The van der Waals surface area contributed by atoms with Gasteiger partial charge in [0, 0.05) is 44.8 Å². The van der Waals surface area contributed by atoms with E-state index in [-0.39, 0.29) is 36.4 Å². The number of nitrogens with zero attached hydrogens (tertiary/aromatic N) is 3. The number of hydrogen-bond donors (Lipinski definition) is 2. The number of piperazine rings is 1. The van der Waals surface area contributed by atoms with Crippen molar-refractivity contribution in [3.63, 3.8) is 0 Å². The van der Waals surface area contributed by atoms with Gasteiger partial charge in [-0.3, -0.25) is 44.0 Å². The summed E-state index contributed by atoms with van der Waals surface area (Å²) < 4.78 is 38.9. The lowest BCUT2D eigenvalue weighted by molar-refractivity contribution is -0.138. The molecule has 3 aliphatic rings. The molecule has 2 saturated heterocycles. The van der Waals surface area contributed by atoms with Crippen LogP contribution < -0.4 is 10.6 Å². The minimum absolute atomic E-state index is 0.0185. The third-order valence-electron chi connectivity index (χ3n) is 7.22. The standard InChI is InChI=1S/C27H26F3N5O5/c28-27(29,30)17-3-1-2-16(12-17)14-33-8-10-34(11-9-33)15-23(37)31-18-4-5-19-20(13-18)26(40)35(25(19)39)21-6-7-22(36)32-24(21)38/h1-5,12-13,21H,6-11,14-15H2,(H,31,37)(H,32,36,38). The monoisotopic (exact) mass is 557 g/mol. The summed E-state index contributed by atoms with van der Waals surface area (Å²) in [6.07, 6.45) is -4.33. The van der Waals surface area contributed by atoms with Gasteiger partial charge in [0.1, 0.15) is 6.04 Å². The molecule has 3 heterocycles. The second kappa shape index (κ2) is 10.8. The summed E-state index contributed by atoms with van der Waals surface area (Å²) in [6.45, 7) is 2.70. The van der Waals surface area contributed by atoms with Gasteiger partial charge < -0.3 is 5.32 Å². The van der Waals surface area contributed by atoms with E-state index in [1.807, 2.05) is 9.80 Å². The highest BCUT2D eigenvalue weighted by Crippen LogP contribution is 2.31. The van der Waals surface area contributed by atoms with Gasteiger partial charge in [-0.2, -0.15) is 13.2 Å². The highest BCUT2D eigenvalue weighted by atomic mass is 19.4. The first-order valence-electron chi connectivity index (χ1n) is 12.8. The minimum Gasteiger partial charge on any atom is -0.325 e. The number of halogens is 3. The molecule has 3 aliphatic heterocycles. The number of carbonyl (C=O) groups excluding carboxylic acids is 5. The largest absolute Gasteiger partial charge is 0.416 e. The molecule has 1 atom stereocenters. The molecule has 0 bridgehead atoms. The lowest BCUT2D eigenvalue weighted by Crippen LogP contribution is -2.54. The number of anilines is 1. The fourth-order valence-corrected chi connectivity index (χ4v) is 5.16. The number of benzene rings is 2. The minimum atomic E-state index is -4.39. The highest BCUT2D eigenvalue weighted by Gasteiger charge is 2.44. The lowest BCUT2D eigenvalue weighted by atomic mass is 10.0. The van der Waals surface area contributed by atoms with Crippen molar-refractivity contribution in [2.45, 2.75) is 31.6 Å². The van der Waals surface area contributed by atoms with E-state index >= 15 is 0 Å². The Balaban J connectivity index is 1.14. The van der Waals surface area contributed by atoms with Crippen LogP contribution in [0.4, 0.5) is 18.9 Å². The molecule has 0 saturated carbocycles. The number of piperidine rings is 1. The maximum atomic E-state index is 13.0. The molecular formula is C27H26F3N5O5. The Morgan fingerprint density at radius 2 is 1.62 bits per heavy atom. The normalized spacial score (nSPS) is 20.5. The Bertz CT molecular complexity index is 1390. The zero-order valence-corrected chi connectivity index (χ0v) is 21.3. The fourth-order valence-electron chi connectivity index (χ4n) is 5.16. The summed E-state index contributed by atoms with van der Waals surface area (Å²) >= 11 is 0. The van der Waals surface area contributed by atoms with Crippen LogP contribution in [0.25, 0.3) is 0 Å². The Labute approximate surface area is 227 Å². The molecule has 0 spiro atoms. The zero-order valence-electron chi connectivity index (χ0n) is 21.3. The van der Waals surface area contributed by atoms with Crippen LogP contribution in [-0.4, -0.2) is 83.0 Å². The van der Waals surface area contributed by atoms with Crippen molar-refractivity contribution in [1.29, 1.82) is 0 Å². The number of hydrogen-bond acceptors (Lipinski definition) is 7. The van der Waals surface area contributed by atoms with E-state index in [0.29, 0.717) is 44.0 Å². The van der Waals surface area contributed by atoms with Crippen molar-refractivity contribution in [3.05, 3.63) is 64.7 Å². The summed E-state index contributed by atoms with van der Waals surface area (Å²) in [4.78, 5) is 67.0. The van der Waals surface area contributed by atoms with Gasteiger partial charge in [0.15, 0.2) is 0 Å². The predicted molar refractivity (Wildman–Crippen MR) is 135 cm³/mol. The van der Waals surface area contributed by atoms with Gasteiger partial charge in [-0.15, -0.1) is 0 Å². The van der Waals surface area contributed by atoms with Crippen LogP contribution in [0.1, 0.15) is 44.7 Å². The van der Waals surface area contributed by atoms with Crippen molar-refractivity contribution in [2.24, 2.45) is 0 Å². The van der Waals surface area contributed by atoms with Crippen LogP contribution in [-0.2, 0) is 27.1 Å². The highest BCUT2D eigenvalue weighted by molar-refractivity contribution is 6.23. The topological polar surface area (TPSA) is 119 Å². The summed E-state index contributed by atoms with van der Waals surface area (Å²) in [5.74, 6) is -2.78. The molecule has 210 valence electrons. The predicted octanol–water partition coefficient (Wildman–Crippen LogP) is 1.86. The van der Waals surface area contributed by atoms with Crippen LogP contribution in [0, 0.1) is 0 Å². The molecular weight excluding hydrogens is 531 g/mol. The molecule has 13 heteroatoms. The Kier molecular flexibility index (Phi) is 7.43. The molecule has 2 fully saturated rings. The van der Waals surface area contributed by atoms with E-state index in [9.17, 15) is 37.1 Å². The Hall–Kier alpha value is -4.10. The van der Waals surface area contributed by atoms with E-state index in [1.165, 1.54) is 24.3 Å². The third kappa shape index (κ3) is 5.75. The first kappa shape index (κ1) is 27.5. The molecule has 5 amide bonds. The van der Waals surface area contributed by atoms with E-state index in [0.717, 1.165) is 17.0 Å². The number of carbonyl (C=O) groups is 5. The second-order valence-electron chi connectivity index (χ2n) is 10.0. The van der Waals surface area contributed by atoms with Crippen molar-refractivity contribution in [1.82, 2.24) is 20.0 Å². The first-order chi connectivity index (χ1) is 19.0. The third-order valence-corrected chi connectivity index (χ3v) is 7.22. The summed E-state index contributed by atoms with van der Waals surface area (Å²) in [6, 6.07) is 8.50. The maximum Gasteiger partial charge on any atom is 0.416 e. The number of alkyl halides is 3. The van der Waals surface area contributed by atoms with Crippen LogP contribution in [0.15, 0.2) is 42.5 Å². The summed E-state index contributed by atoms with van der Waals surface area (Å²) in [5.41, 5.74) is 0.391. The average Bonchev–Trinajstić information content (AvgIpc) is 3.14. The molecule has 0 aliphatic carbocycles. The van der Waals surface area contributed by atoms with Crippen molar-refractivity contribution in [3.8, 4) is 0 Å². The quantitative estimate of drug-likeness (QED) is 0.521. The van der Waals surface area contributed by atoms with Crippen LogP contribution in [0.5, 0.6) is 0 Å². The van der Waals surface area contributed by atoms with E-state index in [4.69, 9.17) is 0 Å². The van der Waals surface area contributed by atoms with Gasteiger partial charge in [0.25, 0.3) is 11.8 Å². The Morgan fingerprint density at radius 1 is 0.925 bits per heavy atom. The molecule has 5 rings (SSSR count). The van der Waals surface area contributed by atoms with Gasteiger partial charge in [-0.05, 0) is 36.2 Å². The number of fused-ring (bicyclic) bond motifs is 1. The summed E-state index contributed by atoms with van der Waals surface area (Å²) in [7, 11) is 0. The van der Waals surface area contributed by atoms with Crippen molar-refractivity contribution < 1.29 is 37.1 Å². The SMILES string of the molecule is O=C1CCC(N2C(=O)c3ccc(NC(=O)CN4CCN(Cc5cccc(C(F)(F)F)c5)CC4)cc3C2=O)C(=O)N1. The molecule has 1 unspecified atom stereocenters. The van der Waals surface area contributed by atoms with Gasteiger partial charge in [0.2, 0.25) is 17.7 Å². The number of rotatable bonds is 6. The lowest BCUT2D eigenvalue weighted by Gasteiger charge is -2.34. The van der Waals surface area contributed by atoms with Gasteiger partial charge in [-0.25, -0.2) is 0 Å². The molecule has 2 aromatic rings. The van der Waals surface area contributed by atoms with Crippen LogP contribution in [0.2, 0.25) is 0 Å². The molecule has 2 N–H and O–H groups in total. The van der Waals surface area contributed by atoms with Gasteiger partial charge >= 0.3 is 6.18 Å². The number of imide groups is 2. The molecule has 2 aromatic carbocycles. The van der Waals surface area contributed by atoms with E-state index in [2.05, 4.69) is 10.6 Å². The zero-order chi connectivity index (χ0) is 28.6. The smallest absolute Gasteiger partial charge is 0.325 e. The first-order valence-corrected chi connectivity index (χ1v) is 12.8. The van der Waals surface area contributed by atoms with Crippen molar-refractivity contribution >= 4 is 35.2 Å². The Morgan fingerprint density at radius 3 is 2.33 bits per heavy atom. The average molecular weight is 558 g/mol. The van der Waals surface area contributed by atoms with E-state index < -0.39 is 41.4 Å². The fraction of sp³-hybridized carbons (Fsp3) is 0.370. The summed E-state index contributed by atoms with van der Waals surface area (Å²) in [5, 5.41) is 4.87. The van der Waals surface area contributed by atoms with Crippen LogP contribution in [0.3, 0.4) is 0 Å². The molecule has 0 aromatic heterocycles. The van der Waals surface area contributed by atoms with Crippen molar-refractivity contribution in [2.75, 3.05) is 38.0 Å². The second-order valence-corrected chi connectivity index (χ2v) is 10.0. The molecule has 10 nitrogen and oxygen atoms in total. The van der Waals surface area contributed by atoms with Crippen LogP contribution >= 0.6 is 0 Å². The van der Waals surface area contributed by atoms with E-state index in [1.54, 1.807) is 6.07 Å². The molecule has 40 heavy (non-hydrogen) atoms.